The van der Waals surface area contributed by atoms with Gasteiger partial charge in [-0.2, -0.15) is 0 Å². The molecule has 0 saturated carbocycles. The van der Waals surface area contributed by atoms with Crippen LogP contribution in [0.3, 0.4) is 0 Å². The minimum Gasteiger partial charge on any atom is -0.347 e. The topological polar surface area (TPSA) is 85.8 Å². The van der Waals surface area contributed by atoms with Crippen molar-refractivity contribution in [3.8, 4) is 0 Å². The first kappa shape index (κ1) is 11.6. The maximum atomic E-state index is 11.4. The number of hydrogen-bond donors (Lipinski definition) is 2. The zero-order valence-corrected chi connectivity index (χ0v) is 9.10. The molecule has 0 unspecified atom stereocenters. The number of nitrogens with two attached hydrogens (primary N) is 1. The predicted octanol–water partition coefficient (Wildman–Crippen LogP) is -0.441. The molecule has 0 bridgehead atoms. The lowest BCUT2D eigenvalue weighted by Crippen LogP contribution is -2.40. The highest BCUT2D eigenvalue weighted by molar-refractivity contribution is 5.81. The molecule has 6 nitrogen and oxygen atoms in total. The molecule has 1 aromatic rings. The van der Waals surface area contributed by atoms with Crippen molar-refractivity contribution >= 4 is 5.91 Å². The van der Waals surface area contributed by atoms with E-state index in [0.29, 0.717) is 18.8 Å². The Labute approximate surface area is 88.9 Å². The average molecular weight is 211 g/mol. The van der Waals surface area contributed by atoms with Gasteiger partial charge in [-0.3, -0.25) is 4.79 Å². The van der Waals surface area contributed by atoms with Gasteiger partial charge in [-0.1, -0.05) is 13.3 Å². The van der Waals surface area contributed by atoms with Crippen LogP contribution in [0.4, 0.5) is 0 Å². The number of nitrogens with zero attached hydrogens (tertiary/aromatic N) is 3. The van der Waals surface area contributed by atoms with Crippen LogP contribution in [0.2, 0.25) is 0 Å². The van der Waals surface area contributed by atoms with Gasteiger partial charge in [-0.05, 0) is 6.42 Å². The highest BCUT2D eigenvalue weighted by Gasteiger charge is 2.12. The third-order valence-electron chi connectivity index (χ3n) is 2.16. The van der Waals surface area contributed by atoms with Crippen molar-refractivity contribution in [3.63, 3.8) is 0 Å². The largest absolute Gasteiger partial charge is 0.347 e. The summed E-state index contributed by atoms with van der Waals surface area (Å²) in [7, 11) is 1.83. The molecule has 0 aliphatic heterocycles. The Morgan fingerprint density at radius 1 is 1.73 bits per heavy atom. The van der Waals surface area contributed by atoms with Crippen molar-refractivity contribution in [2.24, 2.45) is 12.8 Å². The van der Waals surface area contributed by atoms with Crippen LogP contribution in [0.1, 0.15) is 25.6 Å². The van der Waals surface area contributed by atoms with Gasteiger partial charge in [-0.25, -0.2) is 0 Å². The highest BCUT2D eigenvalue weighted by atomic mass is 16.2. The fourth-order valence-electron chi connectivity index (χ4n) is 1.21. The number of hydrogen-bond acceptors (Lipinski definition) is 4. The van der Waals surface area contributed by atoms with Crippen LogP contribution in [-0.4, -0.2) is 26.7 Å². The lowest BCUT2D eigenvalue weighted by atomic mass is 10.2. The van der Waals surface area contributed by atoms with Crippen LogP contribution in [-0.2, 0) is 18.4 Å². The summed E-state index contributed by atoms with van der Waals surface area (Å²) < 4.78 is 1.76. The monoisotopic (exact) mass is 211 g/mol. The molecule has 0 aliphatic carbocycles. The third-order valence-corrected chi connectivity index (χ3v) is 2.16. The Bertz CT molecular complexity index is 322. The zero-order chi connectivity index (χ0) is 11.3. The van der Waals surface area contributed by atoms with E-state index in [1.807, 2.05) is 14.0 Å². The van der Waals surface area contributed by atoms with Crippen molar-refractivity contribution in [1.29, 1.82) is 0 Å². The highest BCUT2D eigenvalue weighted by Crippen LogP contribution is 1.95. The van der Waals surface area contributed by atoms with Crippen molar-refractivity contribution in [2.45, 2.75) is 32.4 Å². The molecule has 15 heavy (non-hydrogen) atoms. The minimum atomic E-state index is -0.428. The lowest BCUT2D eigenvalue weighted by molar-refractivity contribution is -0.122. The minimum absolute atomic E-state index is 0.139. The number of carbonyl (C=O) groups is 1. The van der Waals surface area contributed by atoms with E-state index in [2.05, 4.69) is 15.5 Å². The molecule has 0 aromatic carbocycles. The first-order valence-electron chi connectivity index (χ1n) is 5.01. The van der Waals surface area contributed by atoms with E-state index in [-0.39, 0.29) is 5.91 Å². The Morgan fingerprint density at radius 3 is 3.00 bits per heavy atom. The van der Waals surface area contributed by atoms with Crippen LogP contribution >= 0.6 is 0 Å². The van der Waals surface area contributed by atoms with Crippen molar-refractivity contribution in [3.05, 3.63) is 12.2 Å². The van der Waals surface area contributed by atoms with E-state index in [0.717, 1.165) is 6.42 Å². The number of aryl methyl sites for hydroxylation is 1. The average Bonchev–Trinajstić information content (AvgIpc) is 2.61. The van der Waals surface area contributed by atoms with Gasteiger partial charge in [0.05, 0.1) is 12.6 Å². The molecule has 0 aliphatic rings. The Balaban J connectivity index is 2.37. The first-order chi connectivity index (χ1) is 7.15. The van der Waals surface area contributed by atoms with Gasteiger partial charge in [0, 0.05) is 7.05 Å². The van der Waals surface area contributed by atoms with Crippen molar-refractivity contribution in [1.82, 2.24) is 20.1 Å². The molecule has 0 spiro atoms. The molecule has 0 saturated heterocycles. The van der Waals surface area contributed by atoms with Gasteiger partial charge >= 0.3 is 0 Å². The SMILES string of the molecule is CCC[C@H](N)C(=O)NCc1nncn1C. The second-order valence-corrected chi connectivity index (χ2v) is 3.47. The molecular weight excluding hydrogens is 194 g/mol. The molecule has 0 radical (unpaired) electrons. The number of amides is 1. The van der Waals surface area contributed by atoms with Crippen LogP contribution in [0, 0.1) is 0 Å². The molecule has 0 fully saturated rings. The number of nitrogens with one attached hydrogen (secondary N) is 1. The lowest BCUT2D eigenvalue weighted by Gasteiger charge is -2.10. The molecule has 1 heterocycles. The molecule has 1 aromatic heterocycles. The maximum Gasteiger partial charge on any atom is 0.237 e. The zero-order valence-electron chi connectivity index (χ0n) is 9.10. The standard InChI is InChI=1S/C9H17N5O/c1-3-4-7(10)9(15)11-5-8-13-12-6-14(8)2/h6-7H,3-5,10H2,1-2H3,(H,11,15)/t7-/m0/s1. The molecule has 1 rings (SSSR count). The number of carbonyl (C=O) groups excluding carboxylic acids is 1. The molecule has 6 heteroatoms. The number of aromatic nitrogens is 3. The third kappa shape index (κ3) is 3.32. The van der Waals surface area contributed by atoms with E-state index in [4.69, 9.17) is 5.73 Å². The summed E-state index contributed by atoms with van der Waals surface area (Å²) in [6, 6.07) is -0.428. The van der Waals surface area contributed by atoms with Crippen LogP contribution in [0.25, 0.3) is 0 Å². The summed E-state index contributed by atoms with van der Waals surface area (Å²) >= 11 is 0. The van der Waals surface area contributed by atoms with Crippen LogP contribution < -0.4 is 11.1 Å². The van der Waals surface area contributed by atoms with E-state index < -0.39 is 6.04 Å². The summed E-state index contributed by atoms with van der Waals surface area (Å²) in [6.07, 6.45) is 3.19. The van der Waals surface area contributed by atoms with Crippen molar-refractivity contribution in [2.75, 3.05) is 0 Å². The van der Waals surface area contributed by atoms with Crippen LogP contribution in [0.5, 0.6) is 0 Å². The normalized spacial score (nSPS) is 12.5. The van der Waals surface area contributed by atoms with Gasteiger partial charge < -0.3 is 15.6 Å². The molecular formula is C9H17N5O. The quantitative estimate of drug-likeness (QED) is 0.691. The Hall–Kier alpha value is -1.43. The summed E-state index contributed by atoms with van der Waals surface area (Å²) in [5.74, 6) is 0.576. The summed E-state index contributed by atoms with van der Waals surface area (Å²) in [5.41, 5.74) is 5.65. The van der Waals surface area contributed by atoms with E-state index in [9.17, 15) is 4.79 Å². The molecule has 3 N–H and O–H groups in total. The fraction of sp³-hybridized carbons (Fsp3) is 0.667. The predicted molar refractivity (Wildman–Crippen MR) is 55.7 cm³/mol. The van der Waals surface area contributed by atoms with Crippen LogP contribution in [0.15, 0.2) is 6.33 Å². The van der Waals surface area contributed by atoms with Crippen molar-refractivity contribution < 1.29 is 4.79 Å². The van der Waals surface area contributed by atoms with Gasteiger partial charge in [0.1, 0.15) is 6.33 Å². The molecule has 1 amide bonds. The smallest absolute Gasteiger partial charge is 0.237 e. The second kappa shape index (κ2) is 5.45. The van der Waals surface area contributed by atoms with E-state index >= 15 is 0 Å². The molecule has 1 atom stereocenters. The van der Waals surface area contributed by atoms with Gasteiger partial charge in [0.25, 0.3) is 0 Å². The van der Waals surface area contributed by atoms with E-state index in [1.165, 1.54) is 0 Å². The Kier molecular flexibility index (Phi) is 4.23. The number of rotatable bonds is 5. The van der Waals surface area contributed by atoms with Gasteiger partial charge in [0.15, 0.2) is 5.82 Å². The molecule has 84 valence electrons. The van der Waals surface area contributed by atoms with E-state index in [1.54, 1.807) is 10.9 Å². The Morgan fingerprint density at radius 2 is 2.47 bits per heavy atom. The van der Waals surface area contributed by atoms with Gasteiger partial charge in [0.2, 0.25) is 5.91 Å². The second-order valence-electron chi connectivity index (χ2n) is 3.47. The summed E-state index contributed by atoms with van der Waals surface area (Å²) in [5, 5.41) is 10.3. The van der Waals surface area contributed by atoms with Gasteiger partial charge in [-0.15, -0.1) is 10.2 Å². The summed E-state index contributed by atoms with van der Waals surface area (Å²) in [4.78, 5) is 11.4. The maximum absolute atomic E-state index is 11.4. The summed E-state index contributed by atoms with van der Waals surface area (Å²) in [6.45, 7) is 2.36. The fourth-order valence-corrected chi connectivity index (χ4v) is 1.21. The first-order valence-corrected chi connectivity index (χ1v) is 5.01.